The molecule has 0 bridgehead atoms. The molecule has 9 heteroatoms. The molecule has 8 nitrogen and oxygen atoms in total. The molecular weight excluding hydrogens is 418 g/mol. The molecule has 0 saturated carbocycles. The zero-order valence-corrected chi connectivity index (χ0v) is 17.9. The number of hydrogen-bond donors (Lipinski definition) is 0. The number of carbonyl (C=O) groups excluding carboxylic acids is 1. The van der Waals surface area contributed by atoms with Crippen molar-refractivity contribution in [2.45, 2.75) is 0 Å². The number of methoxy groups -OCH3 is 3. The van der Waals surface area contributed by atoms with Crippen molar-refractivity contribution >= 4 is 38.8 Å². The fourth-order valence-electron chi connectivity index (χ4n) is 2.87. The summed E-state index contributed by atoms with van der Waals surface area (Å²) < 4.78 is 22.0. The van der Waals surface area contributed by atoms with Gasteiger partial charge in [0.25, 0.3) is 5.91 Å². The highest BCUT2D eigenvalue weighted by Crippen LogP contribution is 2.33. The van der Waals surface area contributed by atoms with Crippen molar-refractivity contribution in [1.29, 1.82) is 0 Å². The highest BCUT2D eigenvalue weighted by molar-refractivity contribution is 7.22. The molecule has 31 heavy (non-hydrogen) atoms. The third-order valence-electron chi connectivity index (χ3n) is 4.43. The van der Waals surface area contributed by atoms with Crippen molar-refractivity contribution in [3.63, 3.8) is 0 Å². The number of benzene rings is 2. The van der Waals surface area contributed by atoms with Crippen LogP contribution in [0.1, 0.15) is 16.1 Å². The van der Waals surface area contributed by atoms with E-state index in [1.54, 1.807) is 37.4 Å². The van der Waals surface area contributed by atoms with Crippen molar-refractivity contribution in [2.24, 2.45) is 5.10 Å². The zero-order chi connectivity index (χ0) is 21.8. The number of aromatic nitrogens is 1. The van der Waals surface area contributed by atoms with Gasteiger partial charge in [0.2, 0.25) is 5.13 Å². The summed E-state index contributed by atoms with van der Waals surface area (Å²) in [5.74, 6) is 1.80. The van der Waals surface area contributed by atoms with E-state index >= 15 is 0 Å². The number of thiazole rings is 1. The van der Waals surface area contributed by atoms with Crippen LogP contribution in [0.3, 0.4) is 0 Å². The summed E-state index contributed by atoms with van der Waals surface area (Å²) in [5.41, 5.74) is 1.10. The van der Waals surface area contributed by atoms with Gasteiger partial charge < -0.3 is 18.6 Å². The summed E-state index contributed by atoms with van der Waals surface area (Å²) in [5, 5.41) is 6.00. The third kappa shape index (κ3) is 4.22. The summed E-state index contributed by atoms with van der Waals surface area (Å²) in [4.78, 5) is 18.0. The van der Waals surface area contributed by atoms with Crippen LogP contribution in [0.2, 0.25) is 0 Å². The quantitative estimate of drug-likeness (QED) is 0.310. The second-order valence-electron chi connectivity index (χ2n) is 6.28. The number of anilines is 1. The van der Waals surface area contributed by atoms with Crippen LogP contribution in [0.5, 0.6) is 17.2 Å². The van der Waals surface area contributed by atoms with E-state index in [0.29, 0.717) is 33.7 Å². The van der Waals surface area contributed by atoms with Crippen LogP contribution in [-0.2, 0) is 0 Å². The first kappa shape index (κ1) is 20.4. The van der Waals surface area contributed by atoms with Crippen molar-refractivity contribution in [1.82, 2.24) is 4.98 Å². The standard InChI is InChI=1S/C22H19N3O5S/c1-27-15-7-8-17-20(12-15)31-22(24-17)25(23-13-16-5-4-10-30-16)21(26)14-6-9-18(28-2)19(11-14)29-3/h4-13H,1-3H3/b23-13+. The maximum atomic E-state index is 13.4. The maximum absolute atomic E-state index is 13.4. The largest absolute Gasteiger partial charge is 0.497 e. The van der Waals surface area contributed by atoms with Crippen LogP contribution in [0.15, 0.2) is 64.3 Å². The van der Waals surface area contributed by atoms with E-state index in [2.05, 4.69) is 10.1 Å². The number of carbonyl (C=O) groups is 1. The SMILES string of the molecule is COc1ccc2nc(N(/N=C/c3ccco3)C(=O)c3ccc(OC)c(OC)c3)sc2c1. The van der Waals surface area contributed by atoms with Gasteiger partial charge in [-0.25, -0.2) is 4.98 Å². The number of ether oxygens (including phenoxy) is 3. The minimum atomic E-state index is -0.380. The lowest BCUT2D eigenvalue weighted by Crippen LogP contribution is -2.25. The van der Waals surface area contributed by atoms with Gasteiger partial charge in [-0.1, -0.05) is 11.3 Å². The molecular formula is C22H19N3O5S. The number of hydrogen-bond acceptors (Lipinski definition) is 8. The maximum Gasteiger partial charge on any atom is 0.280 e. The lowest BCUT2D eigenvalue weighted by Gasteiger charge is -2.15. The van der Waals surface area contributed by atoms with Crippen LogP contribution in [0.4, 0.5) is 5.13 Å². The number of fused-ring (bicyclic) bond motifs is 1. The molecule has 0 radical (unpaired) electrons. The van der Waals surface area contributed by atoms with Gasteiger partial charge in [0.15, 0.2) is 11.5 Å². The molecule has 2 heterocycles. The molecule has 0 saturated heterocycles. The molecule has 0 atom stereocenters. The second-order valence-corrected chi connectivity index (χ2v) is 7.29. The molecule has 0 fully saturated rings. The predicted octanol–water partition coefficient (Wildman–Crippen LogP) is 4.60. The fraction of sp³-hybridized carbons (Fsp3) is 0.136. The molecule has 0 aliphatic carbocycles. The van der Waals surface area contributed by atoms with Crippen LogP contribution in [-0.4, -0.2) is 38.4 Å². The molecule has 0 N–H and O–H groups in total. The molecule has 0 aliphatic heterocycles. The Balaban J connectivity index is 1.76. The Labute approximate surface area is 182 Å². The minimum absolute atomic E-state index is 0.367. The lowest BCUT2D eigenvalue weighted by molar-refractivity contribution is 0.0987. The van der Waals surface area contributed by atoms with Crippen LogP contribution >= 0.6 is 11.3 Å². The molecule has 4 rings (SSSR count). The normalized spacial score (nSPS) is 11.1. The van der Waals surface area contributed by atoms with E-state index < -0.39 is 0 Å². The van der Waals surface area contributed by atoms with E-state index in [9.17, 15) is 4.79 Å². The van der Waals surface area contributed by atoms with Crippen LogP contribution < -0.4 is 19.2 Å². The van der Waals surface area contributed by atoms with Crippen molar-refractivity contribution in [3.05, 3.63) is 66.1 Å². The van der Waals surface area contributed by atoms with E-state index in [0.717, 1.165) is 10.2 Å². The fourth-order valence-corrected chi connectivity index (χ4v) is 3.82. The Hall–Kier alpha value is -3.85. The van der Waals surface area contributed by atoms with Crippen molar-refractivity contribution in [3.8, 4) is 17.2 Å². The Kier molecular flexibility index (Phi) is 5.85. The zero-order valence-electron chi connectivity index (χ0n) is 17.1. The van der Waals surface area contributed by atoms with Gasteiger partial charge >= 0.3 is 0 Å². The molecule has 4 aromatic rings. The molecule has 0 spiro atoms. The monoisotopic (exact) mass is 437 g/mol. The lowest BCUT2D eigenvalue weighted by atomic mass is 10.2. The first-order valence-electron chi connectivity index (χ1n) is 9.21. The molecule has 2 aromatic heterocycles. The van der Waals surface area contributed by atoms with Crippen molar-refractivity contribution in [2.75, 3.05) is 26.3 Å². The number of amides is 1. The topological polar surface area (TPSA) is 86.4 Å². The first-order chi connectivity index (χ1) is 15.1. The first-order valence-corrected chi connectivity index (χ1v) is 10.0. The number of rotatable bonds is 7. The molecule has 158 valence electrons. The number of hydrazone groups is 1. The highest BCUT2D eigenvalue weighted by Gasteiger charge is 2.22. The van der Waals surface area contributed by atoms with E-state index in [-0.39, 0.29) is 5.91 Å². The summed E-state index contributed by atoms with van der Waals surface area (Å²) in [6, 6.07) is 13.9. The van der Waals surface area contributed by atoms with Gasteiger partial charge in [0, 0.05) is 5.56 Å². The number of furan rings is 1. The van der Waals surface area contributed by atoms with E-state index in [4.69, 9.17) is 18.6 Å². The molecule has 1 amide bonds. The Morgan fingerprint density at radius 2 is 1.90 bits per heavy atom. The Bertz CT molecular complexity index is 1230. The van der Waals surface area contributed by atoms with Gasteiger partial charge in [-0.05, 0) is 48.5 Å². The smallest absolute Gasteiger partial charge is 0.280 e. The van der Waals surface area contributed by atoms with Crippen LogP contribution in [0.25, 0.3) is 10.2 Å². The average Bonchev–Trinajstić information content (AvgIpc) is 3.47. The Morgan fingerprint density at radius 1 is 1.06 bits per heavy atom. The van der Waals surface area contributed by atoms with Crippen LogP contribution in [0, 0.1) is 0 Å². The average molecular weight is 437 g/mol. The molecule has 0 unspecified atom stereocenters. The third-order valence-corrected chi connectivity index (χ3v) is 5.43. The molecule has 0 aliphatic rings. The van der Waals surface area contributed by atoms with Gasteiger partial charge in [-0.15, -0.1) is 0 Å². The summed E-state index contributed by atoms with van der Waals surface area (Å²) in [7, 11) is 4.65. The highest BCUT2D eigenvalue weighted by atomic mass is 32.1. The van der Waals surface area contributed by atoms with E-state index in [1.165, 1.54) is 43.0 Å². The van der Waals surface area contributed by atoms with Gasteiger partial charge in [-0.3, -0.25) is 4.79 Å². The van der Waals surface area contributed by atoms with Gasteiger partial charge in [-0.2, -0.15) is 10.1 Å². The second kappa shape index (κ2) is 8.88. The Morgan fingerprint density at radius 3 is 2.61 bits per heavy atom. The van der Waals surface area contributed by atoms with Crippen molar-refractivity contribution < 1.29 is 23.4 Å². The minimum Gasteiger partial charge on any atom is -0.497 e. The van der Waals surface area contributed by atoms with Gasteiger partial charge in [0.1, 0.15) is 11.5 Å². The summed E-state index contributed by atoms with van der Waals surface area (Å²) in [6.07, 6.45) is 3.00. The summed E-state index contributed by atoms with van der Waals surface area (Å²) in [6.45, 7) is 0. The molecule has 2 aromatic carbocycles. The number of nitrogens with zero attached hydrogens (tertiary/aromatic N) is 3. The van der Waals surface area contributed by atoms with Gasteiger partial charge in [0.05, 0.1) is 44.0 Å². The summed E-state index contributed by atoms with van der Waals surface area (Å²) >= 11 is 1.33. The van der Waals surface area contributed by atoms with E-state index in [1.807, 2.05) is 18.2 Å². The predicted molar refractivity (Wildman–Crippen MR) is 119 cm³/mol.